The Bertz CT molecular complexity index is 1060. The summed E-state index contributed by atoms with van der Waals surface area (Å²) in [6, 6.07) is 12.1. The third kappa shape index (κ3) is 6.44. The highest BCUT2D eigenvalue weighted by Gasteiger charge is 2.15. The van der Waals surface area contributed by atoms with Crippen molar-refractivity contribution in [3.8, 4) is 11.5 Å². The molecule has 0 saturated carbocycles. The van der Waals surface area contributed by atoms with Crippen LogP contribution in [0.2, 0.25) is 0 Å². The molecule has 3 aromatic rings. The number of rotatable bonds is 11. The summed E-state index contributed by atoms with van der Waals surface area (Å²) < 4.78 is 17.1. The topological polar surface area (TPSA) is 125 Å². The molecule has 0 atom stereocenters. The van der Waals surface area contributed by atoms with E-state index in [9.17, 15) is 4.79 Å². The molecule has 4 N–H and O–H groups in total. The first-order valence-electron chi connectivity index (χ1n) is 10.2. The van der Waals surface area contributed by atoms with Crippen molar-refractivity contribution >= 4 is 27.7 Å². The minimum atomic E-state index is -0.429. The highest BCUT2D eigenvalue weighted by Crippen LogP contribution is 2.37. The van der Waals surface area contributed by atoms with Crippen molar-refractivity contribution in [1.29, 1.82) is 0 Å². The Kier molecular flexibility index (Phi) is 8.46. The molecule has 2 aromatic carbocycles. The van der Waals surface area contributed by atoms with E-state index in [1.807, 2.05) is 31.2 Å². The van der Waals surface area contributed by atoms with Gasteiger partial charge in [0, 0.05) is 19.6 Å². The van der Waals surface area contributed by atoms with Gasteiger partial charge in [0.05, 0.1) is 11.1 Å². The van der Waals surface area contributed by atoms with E-state index >= 15 is 0 Å². The quantitative estimate of drug-likeness (QED) is 0.340. The van der Waals surface area contributed by atoms with Gasteiger partial charge in [0.25, 0.3) is 5.91 Å². The highest BCUT2D eigenvalue weighted by molar-refractivity contribution is 9.10. The summed E-state index contributed by atoms with van der Waals surface area (Å²) in [4.78, 5) is 11.9. The average Bonchev–Trinajstić information content (AvgIpc) is 3.19. The molecular formula is C22H26BrN5O4. The number of anilines is 1. The number of nitrogens with zero attached hydrogens (tertiary/aromatic N) is 2. The van der Waals surface area contributed by atoms with Crippen molar-refractivity contribution in [3.63, 3.8) is 0 Å². The summed E-state index contributed by atoms with van der Waals surface area (Å²) >= 11 is 3.60. The van der Waals surface area contributed by atoms with Crippen molar-refractivity contribution in [1.82, 2.24) is 20.9 Å². The Morgan fingerprint density at radius 3 is 2.72 bits per heavy atom. The fourth-order valence-corrected chi connectivity index (χ4v) is 3.62. The maximum Gasteiger partial charge on any atom is 0.277 e. The van der Waals surface area contributed by atoms with Crippen LogP contribution in [0.15, 0.2) is 45.5 Å². The molecule has 0 aliphatic carbocycles. The van der Waals surface area contributed by atoms with E-state index in [0.717, 1.165) is 15.6 Å². The highest BCUT2D eigenvalue weighted by atomic mass is 79.9. The van der Waals surface area contributed by atoms with Gasteiger partial charge in [0.15, 0.2) is 11.5 Å². The number of hydrogen-bond acceptors (Lipinski definition) is 8. The lowest BCUT2D eigenvalue weighted by atomic mass is 10.1. The zero-order valence-electron chi connectivity index (χ0n) is 18.0. The zero-order chi connectivity index (χ0) is 22.9. The Labute approximate surface area is 194 Å². The monoisotopic (exact) mass is 503 g/mol. The summed E-state index contributed by atoms with van der Waals surface area (Å²) in [6.07, 6.45) is 0. The molecule has 1 aromatic heterocycles. The van der Waals surface area contributed by atoms with Crippen molar-refractivity contribution in [2.24, 2.45) is 0 Å². The number of halogens is 1. The van der Waals surface area contributed by atoms with Crippen LogP contribution in [0.5, 0.6) is 11.5 Å². The molecule has 170 valence electrons. The fraction of sp³-hybridized carbons (Fsp3) is 0.318. The lowest BCUT2D eigenvalue weighted by Crippen LogP contribution is -2.32. The van der Waals surface area contributed by atoms with Gasteiger partial charge in [-0.3, -0.25) is 4.79 Å². The second-order valence-corrected chi connectivity index (χ2v) is 7.90. The minimum Gasteiger partial charge on any atom is -0.490 e. The van der Waals surface area contributed by atoms with E-state index in [-0.39, 0.29) is 11.5 Å². The molecule has 0 spiro atoms. The Morgan fingerprint density at radius 2 is 2.00 bits per heavy atom. The van der Waals surface area contributed by atoms with E-state index in [4.69, 9.17) is 15.2 Å². The summed E-state index contributed by atoms with van der Waals surface area (Å²) in [5, 5.41) is 12.8. The zero-order valence-corrected chi connectivity index (χ0v) is 19.6. The largest absolute Gasteiger partial charge is 0.490 e. The number of carbonyl (C=O) groups excluding carboxylic acids is 1. The van der Waals surface area contributed by atoms with Crippen LogP contribution in [0.1, 0.15) is 34.1 Å². The number of hydrogen-bond donors (Lipinski definition) is 3. The molecule has 9 nitrogen and oxygen atoms in total. The summed E-state index contributed by atoms with van der Waals surface area (Å²) in [6.45, 7) is 6.48. The summed E-state index contributed by atoms with van der Waals surface area (Å²) in [5.74, 6) is 0.882. The second-order valence-electron chi connectivity index (χ2n) is 7.05. The van der Waals surface area contributed by atoms with Crippen LogP contribution in [-0.4, -0.2) is 35.9 Å². The molecule has 0 aliphatic rings. The molecule has 0 radical (unpaired) electrons. The standard InChI is InChI=1S/C22H26BrN5O4/c1-3-30-18-11-16(12-25-7-8-26-22(29)19-21(24)28-32-27-19)10-17(23)20(18)31-13-15-6-4-5-14(2)9-15/h4-6,9-11,25H,3,7-8,12-13H2,1-2H3,(H2,24,28)(H,26,29). The van der Waals surface area contributed by atoms with Gasteiger partial charge in [0.1, 0.15) is 6.61 Å². The molecule has 0 aliphatic heterocycles. The number of aromatic nitrogens is 2. The van der Waals surface area contributed by atoms with Crippen molar-refractivity contribution in [3.05, 3.63) is 63.3 Å². The second kappa shape index (κ2) is 11.5. The predicted octanol–water partition coefficient (Wildman–Crippen LogP) is 3.22. The van der Waals surface area contributed by atoms with E-state index in [1.54, 1.807) is 0 Å². The van der Waals surface area contributed by atoms with Crippen molar-refractivity contribution < 1.29 is 18.9 Å². The molecule has 0 fully saturated rings. The molecule has 0 bridgehead atoms. The number of nitrogen functional groups attached to an aromatic ring is 1. The number of carbonyl (C=O) groups is 1. The van der Waals surface area contributed by atoms with E-state index in [2.05, 4.69) is 60.6 Å². The maximum absolute atomic E-state index is 11.9. The van der Waals surface area contributed by atoms with Crippen molar-refractivity contribution in [2.75, 3.05) is 25.4 Å². The number of ether oxygens (including phenoxy) is 2. The predicted molar refractivity (Wildman–Crippen MR) is 124 cm³/mol. The van der Waals surface area contributed by atoms with Crippen LogP contribution >= 0.6 is 15.9 Å². The van der Waals surface area contributed by atoms with Gasteiger partial charge in [-0.05, 0) is 63.4 Å². The van der Waals surface area contributed by atoms with E-state index in [0.29, 0.717) is 44.3 Å². The normalized spacial score (nSPS) is 10.7. The third-order valence-corrected chi connectivity index (χ3v) is 5.07. The summed E-state index contributed by atoms with van der Waals surface area (Å²) in [7, 11) is 0. The van der Waals surface area contributed by atoms with Gasteiger partial charge >= 0.3 is 0 Å². The number of benzene rings is 2. The third-order valence-electron chi connectivity index (χ3n) is 4.48. The first kappa shape index (κ1) is 23.6. The lowest BCUT2D eigenvalue weighted by molar-refractivity contribution is 0.0944. The average molecular weight is 504 g/mol. The van der Waals surface area contributed by atoms with Gasteiger partial charge in [0.2, 0.25) is 11.5 Å². The number of nitrogens with two attached hydrogens (primary N) is 1. The molecule has 3 rings (SSSR count). The van der Waals surface area contributed by atoms with E-state index < -0.39 is 5.91 Å². The molecule has 32 heavy (non-hydrogen) atoms. The SMILES string of the molecule is CCOc1cc(CNCCNC(=O)c2nonc2N)cc(Br)c1OCc1cccc(C)c1. The fourth-order valence-electron chi connectivity index (χ4n) is 3.02. The smallest absolute Gasteiger partial charge is 0.277 e. The van der Waals surface area contributed by atoms with Gasteiger partial charge in [-0.25, -0.2) is 4.63 Å². The van der Waals surface area contributed by atoms with Gasteiger partial charge in [-0.2, -0.15) is 0 Å². The number of nitrogens with one attached hydrogen (secondary N) is 2. The van der Waals surface area contributed by atoms with Gasteiger partial charge in [-0.1, -0.05) is 29.8 Å². The van der Waals surface area contributed by atoms with Gasteiger partial charge < -0.3 is 25.8 Å². The number of aryl methyl sites for hydroxylation is 1. The Morgan fingerprint density at radius 1 is 1.16 bits per heavy atom. The lowest BCUT2D eigenvalue weighted by Gasteiger charge is -2.16. The molecule has 0 saturated heterocycles. The Balaban J connectivity index is 1.54. The van der Waals surface area contributed by atoms with Crippen LogP contribution in [0.3, 0.4) is 0 Å². The number of amides is 1. The minimum absolute atomic E-state index is 0.0171. The van der Waals surface area contributed by atoms with Crippen LogP contribution in [-0.2, 0) is 13.2 Å². The first-order chi connectivity index (χ1) is 15.5. The van der Waals surface area contributed by atoms with Gasteiger partial charge in [-0.15, -0.1) is 0 Å². The summed E-state index contributed by atoms with van der Waals surface area (Å²) in [5.41, 5.74) is 8.78. The van der Waals surface area contributed by atoms with Crippen LogP contribution < -0.4 is 25.8 Å². The molecule has 10 heteroatoms. The van der Waals surface area contributed by atoms with Crippen LogP contribution in [0.25, 0.3) is 0 Å². The van der Waals surface area contributed by atoms with Crippen molar-refractivity contribution in [2.45, 2.75) is 27.0 Å². The molecule has 1 heterocycles. The molecule has 0 unspecified atom stereocenters. The molecular weight excluding hydrogens is 478 g/mol. The maximum atomic E-state index is 11.9. The van der Waals surface area contributed by atoms with E-state index in [1.165, 1.54) is 5.56 Å². The first-order valence-corrected chi connectivity index (χ1v) is 11.0. The van der Waals surface area contributed by atoms with Crippen LogP contribution in [0.4, 0.5) is 5.82 Å². The van der Waals surface area contributed by atoms with Crippen LogP contribution in [0, 0.1) is 6.92 Å². The molecule has 1 amide bonds. The Hall–Kier alpha value is -3.11.